The molecule has 0 radical (unpaired) electrons. The van der Waals surface area contributed by atoms with E-state index < -0.39 is 6.10 Å². The number of nitrogens with zero attached hydrogens (tertiary/aromatic N) is 2. The molecular weight excluding hydrogens is 260 g/mol. The van der Waals surface area contributed by atoms with Gasteiger partial charge in [0.1, 0.15) is 11.6 Å². The lowest BCUT2D eigenvalue weighted by atomic mass is 10.1. The third-order valence-electron chi connectivity index (χ3n) is 2.61. The fourth-order valence-electron chi connectivity index (χ4n) is 1.61. The maximum absolute atomic E-state index is 9.72. The van der Waals surface area contributed by atoms with Crippen LogP contribution in [-0.4, -0.2) is 15.1 Å². The summed E-state index contributed by atoms with van der Waals surface area (Å²) >= 11 is 1.38. The molecule has 0 fully saturated rings. The van der Waals surface area contributed by atoms with Crippen LogP contribution >= 0.6 is 11.8 Å². The Bertz CT molecular complexity index is 539. The van der Waals surface area contributed by atoms with Crippen LogP contribution in [0.1, 0.15) is 25.0 Å². The molecule has 0 saturated carbocycles. The maximum Gasteiger partial charge on any atom is 0.196 e. The minimum atomic E-state index is -0.418. The van der Waals surface area contributed by atoms with Gasteiger partial charge in [-0.1, -0.05) is 19.1 Å². The summed E-state index contributed by atoms with van der Waals surface area (Å²) < 4.78 is 0. The van der Waals surface area contributed by atoms with Gasteiger partial charge in [0, 0.05) is 11.0 Å². The highest BCUT2D eigenvalue weighted by atomic mass is 32.2. The fourth-order valence-corrected chi connectivity index (χ4v) is 2.39. The molecule has 1 unspecified atom stereocenters. The van der Waals surface area contributed by atoms with E-state index in [2.05, 4.69) is 9.97 Å². The molecule has 2 aromatic rings. The maximum atomic E-state index is 9.72. The van der Waals surface area contributed by atoms with Crippen molar-refractivity contribution in [2.45, 2.75) is 29.5 Å². The highest BCUT2D eigenvalue weighted by Gasteiger charge is 2.06. The predicted octanol–water partition coefficient (Wildman–Crippen LogP) is 2.24. The van der Waals surface area contributed by atoms with Gasteiger partial charge in [0.25, 0.3) is 0 Å². The Morgan fingerprint density at radius 3 is 2.26 bits per heavy atom. The SMILES string of the molecule is CCC(O)c1ccc(Sc2nc(N)cc(N)n2)cc1. The van der Waals surface area contributed by atoms with Gasteiger partial charge in [-0.3, -0.25) is 0 Å². The van der Waals surface area contributed by atoms with Crippen molar-refractivity contribution in [3.8, 4) is 0 Å². The molecule has 19 heavy (non-hydrogen) atoms. The van der Waals surface area contributed by atoms with E-state index in [1.807, 2.05) is 31.2 Å². The molecule has 1 atom stereocenters. The molecule has 100 valence electrons. The van der Waals surface area contributed by atoms with Crippen molar-refractivity contribution in [2.75, 3.05) is 11.5 Å². The van der Waals surface area contributed by atoms with E-state index >= 15 is 0 Å². The predicted molar refractivity (Wildman–Crippen MR) is 76.7 cm³/mol. The van der Waals surface area contributed by atoms with Crippen LogP contribution in [0.15, 0.2) is 40.4 Å². The molecule has 5 N–H and O–H groups in total. The Morgan fingerprint density at radius 2 is 1.74 bits per heavy atom. The standard InChI is InChI=1S/C13H16N4OS/c1-2-10(18)8-3-5-9(6-4-8)19-13-16-11(14)7-12(15)17-13/h3-7,10,18H,2H2,1H3,(H4,14,15,16,17). The third-order valence-corrected chi connectivity index (χ3v) is 3.48. The zero-order chi connectivity index (χ0) is 13.8. The molecule has 6 heteroatoms. The molecule has 1 heterocycles. The first kappa shape index (κ1) is 13.6. The third kappa shape index (κ3) is 3.59. The molecule has 0 aliphatic rings. The number of rotatable bonds is 4. The topological polar surface area (TPSA) is 98.0 Å². The number of nitrogens with two attached hydrogens (primary N) is 2. The van der Waals surface area contributed by atoms with Gasteiger partial charge in [-0.2, -0.15) is 0 Å². The van der Waals surface area contributed by atoms with Crippen LogP contribution in [0.3, 0.4) is 0 Å². The zero-order valence-corrected chi connectivity index (χ0v) is 11.4. The summed E-state index contributed by atoms with van der Waals surface area (Å²) in [6.07, 6.45) is 0.278. The van der Waals surface area contributed by atoms with E-state index in [4.69, 9.17) is 11.5 Å². The quantitative estimate of drug-likeness (QED) is 0.741. The monoisotopic (exact) mass is 276 g/mol. The Kier molecular flexibility index (Phi) is 4.24. The number of aromatic nitrogens is 2. The Labute approximate surface area is 116 Å². The lowest BCUT2D eigenvalue weighted by Crippen LogP contribution is -1.99. The molecule has 1 aromatic heterocycles. The Balaban J connectivity index is 2.15. The van der Waals surface area contributed by atoms with Crippen LogP contribution in [0.2, 0.25) is 0 Å². The molecule has 0 bridgehead atoms. The van der Waals surface area contributed by atoms with Gasteiger partial charge >= 0.3 is 0 Å². The molecule has 2 rings (SSSR count). The molecule has 0 aliphatic carbocycles. The zero-order valence-electron chi connectivity index (χ0n) is 10.6. The highest BCUT2D eigenvalue weighted by molar-refractivity contribution is 7.99. The van der Waals surface area contributed by atoms with Crippen molar-refractivity contribution >= 4 is 23.4 Å². The van der Waals surface area contributed by atoms with Crippen molar-refractivity contribution in [3.05, 3.63) is 35.9 Å². The van der Waals surface area contributed by atoms with Crippen LogP contribution in [-0.2, 0) is 0 Å². The summed E-state index contributed by atoms with van der Waals surface area (Å²) in [6, 6.07) is 9.15. The van der Waals surface area contributed by atoms with Gasteiger partial charge in [-0.25, -0.2) is 9.97 Å². The number of benzene rings is 1. The molecule has 0 amide bonds. The van der Waals surface area contributed by atoms with Crippen LogP contribution < -0.4 is 11.5 Å². The lowest BCUT2D eigenvalue weighted by Gasteiger charge is -2.08. The van der Waals surface area contributed by atoms with Crippen molar-refractivity contribution in [1.29, 1.82) is 0 Å². The second-order valence-corrected chi connectivity index (χ2v) is 5.14. The number of hydrogen-bond acceptors (Lipinski definition) is 6. The molecule has 0 aliphatic heterocycles. The van der Waals surface area contributed by atoms with Gasteiger partial charge in [0.05, 0.1) is 6.10 Å². The van der Waals surface area contributed by atoms with Gasteiger partial charge in [0.2, 0.25) is 0 Å². The molecule has 1 aromatic carbocycles. The number of anilines is 2. The van der Waals surface area contributed by atoms with E-state index in [0.717, 1.165) is 10.5 Å². The van der Waals surface area contributed by atoms with E-state index in [-0.39, 0.29) is 0 Å². The lowest BCUT2D eigenvalue weighted by molar-refractivity contribution is 0.173. The summed E-state index contributed by atoms with van der Waals surface area (Å²) in [6.45, 7) is 1.94. The summed E-state index contributed by atoms with van der Waals surface area (Å²) in [4.78, 5) is 9.18. The van der Waals surface area contributed by atoms with Crippen LogP contribution in [0.5, 0.6) is 0 Å². The normalized spacial score (nSPS) is 12.3. The Hall–Kier alpha value is -1.79. The molecular formula is C13H16N4OS. The first-order valence-corrected chi connectivity index (χ1v) is 6.76. The fraction of sp³-hybridized carbons (Fsp3) is 0.231. The van der Waals surface area contributed by atoms with Crippen LogP contribution in [0.4, 0.5) is 11.6 Å². The summed E-state index contributed by atoms with van der Waals surface area (Å²) in [5.74, 6) is 0.709. The van der Waals surface area contributed by atoms with Gasteiger partial charge in [0.15, 0.2) is 5.16 Å². The number of aliphatic hydroxyl groups is 1. The van der Waals surface area contributed by atoms with E-state index in [1.54, 1.807) is 0 Å². The summed E-state index contributed by atoms with van der Waals surface area (Å²) in [7, 11) is 0. The largest absolute Gasteiger partial charge is 0.388 e. The smallest absolute Gasteiger partial charge is 0.196 e. The Morgan fingerprint density at radius 1 is 1.16 bits per heavy atom. The van der Waals surface area contributed by atoms with E-state index in [1.165, 1.54) is 17.8 Å². The van der Waals surface area contributed by atoms with Crippen molar-refractivity contribution in [1.82, 2.24) is 9.97 Å². The first-order chi connectivity index (χ1) is 9.08. The number of nitrogen functional groups attached to an aromatic ring is 2. The number of aliphatic hydroxyl groups excluding tert-OH is 1. The summed E-state index contributed by atoms with van der Waals surface area (Å²) in [5, 5.41) is 10.2. The molecule has 0 saturated heterocycles. The minimum absolute atomic E-state index is 0.355. The molecule has 0 spiro atoms. The first-order valence-electron chi connectivity index (χ1n) is 5.94. The van der Waals surface area contributed by atoms with Gasteiger partial charge in [-0.05, 0) is 35.9 Å². The van der Waals surface area contributed by atoms with Crippen LogP contribution in [0.25, 0.3) is 0 Å². The average molecular weight is 276 g/mol. The average Bonchev–Trinajstić information content (AvgIpc) is 2.37. The molecule has 5 nitrogen and oxygen atoms in total. The second kappa shape index (κ2) is 5.90. The van der Waals surface area contributed by atoms with E-state index in [9.17, 15) is 5.11 Å². The number of hydrogen-bond donors (Lipinski definition) is 3. The van der Waals surface area contributed by atoms with Crippen LogP contribution in [0, 0.1) is 0 Å². The van der Waals surface area contributed by atoms with Gasteiger partial charge < -0.3 is 16.6 Å². The van der Waals surface area contributed by atoms with Gasteiger partial charge in [-0.15, -0.1) is 0 Å². The second-order valence-electron chi connectivity index (χ2n) is 4.10. The highest BCUT2D eigenvalue weighted by Crippen LogP contribution is 2.27. The summed E-state index contributed by atoms with van der Waals surface area (Å²) in [5.41, 5.74) is 12.1. The van der Waals surface area contributed by atoms with Crippen molar-refractivity contribution in [2.24, 2.45) is 0 Å². The minimum Gasteiger partial charge on any atom is -0.388 e. The van der Waals surface area contributed by atoms with Crippen molar-refractivity contribution in [3.63, 3.8) is 0 Å². The van der Waals surface area contributed by atoms with E-state index in [0.29, 0.717) is 23.2 Å². The van der Waals surface area contributed by atoms with Crippen molar-refractivity contribution < 1.29 is 5.11 Å².